The number of alkyl halides is 1. The molecule has 0 radical (unpaired) electrons. The van der Waals surface area contributed by atoms with Crippen molar-refractivity contribution in [3.8, 4) is 0 Å². The van der Waals surface area contributed by atoms with Crippen LogP contribution in [0.5, 0.6) is 0 Å². The van der Waals surface area contributed by atoms with E-state index in [1.54, 1.807) is 0 Å². The summed E-state index contributed by atoms with van der Waals surface area (Å²) in [7, 11) is 0. The third kappa shape index (κ3) is 3.21. The van der Waals surface area contributed by atoms with E-state index in [4.69, 9.17) is 11.6 Å². The maximum atomic E-state index is 12.3. The van der Waals surface area contributed by atoms with Crippen LogP contribution < -0.4 is 5.32 Å². The normalized spacial score (nSPS) is 21.6. The Hall–Kier alpha value is -1.54. The molecule has 2 unspecified atom stereocenters. The van der Waals surface area contributed by atoms with E-state index in [0.29, 0.717) is 17.7 Å². The van der Waals surface area contributed by atoms with Gasteiger partial charge in [0, 0.05) is 18.0 Å². The van der Waals surface area contributed by atoms with E-state index >= 15 is 0 Å². The third-order valence-electron chi connectivity index (χ3n) is 4.55. The summed E-state index contributed by atoms with van der Waals surface area (Å²) in [5.74, 6) is 1.81. The van der Waals surface area contributed by atoms with Crippen molar-refractivity contribution in [2.45, 2.75) is 19.3 Å². The summed E-state index contributed by atoms with van der Waals surface area (Å²) in [5, 5.41) is 5.33. The number of nitrogens with one attached hydrogen (secondary N) is 1. The standard InChI is InChI=1S/C18H20ClNO/c19-11-16-6-3-7-17(16)12-20-18(21)15-9-8-13-4-1-2-5-14(13)10-15/h1-2,4-5,8-10,16-17H,3,6-7,11-12H2,(H,20,21). The lowest BCUT2D eigenvalue weighted by atomic mass is 9.98. The smallest absolute Gasteiger partial charge is 0.251 e. The fourth-order valence-corrected chi connectivity index (χ4v) is 3.65. The molecule has 0 spiro atoms. The maximum absolute atomic E-state index is 12.3. The number of rotatable bonds is 4. The van der Waals surface area contributed by atoms with Crippen molar-refractivity contribution in [1.82, 2.24) is 5.32 Å². The summed E-state index contributed by atoms with van der Waals surface area (Å²) in [6, 6.07) is 13.9. The second-order valence-corrected chi connectivity index (χ2v) is 6.19. The molecule has 1 saturated carbocycles. The molecule has 1 aliphatic carbocycles. The number of benzene rings is 2. The van der Waals surface area contributed by atoms with Crippen LogP contribution in [0.25, 0.3) is 10.8 Å². The lowest BCUT2D eigenvalue weighted by molar-refractivity contribution is 0.0945. The van der Waals surface area contributed by atoms with Crippen LogP contribution in [0.1, 0.15) is 29.6 Å². The molecule has 0 heterocycles. The van der Waals surface area contributed by atoms with Crippen LogP contribution in [0.15, 0.2) is 42.5 Å². The van der Waals surface area contributed by atoms with Crippen molar-refractivity contribution in [2.75, 3.05) is 12.4 Å². The Kier molecular flexibility index (Phi) is 4.45. The highest BCUT2D eigenvalue weighted by Gasteiger charge is 2.26. The van der Waals surface area contributed by atoms with E-state index in [1.807, 2.05) is 36.4 Å². The quantitative estimate of drug-likeness (QED) is 0.842. The predicted molar refractivity (Wildman–Crippen MR) is 87.8 cm³/mol. The largest absolute Gasteiger partial charge is 0.352 e. The average Bonchev–Trinajstić information content (AvgIpc) is 2.99. The van der Waals surface area contributed by atoms with Crippen molar-refractivity contribution in [3.63, 3.8) is 0 Å². The monoisotopic (exact) mass is 301 g/mol. The minimum absolute atomic E-state index is 0.0148. The van der Waals surface area contributed by atoms with E-state index in [-0.39, 0.29) is 5.91 Å². The molecule has 1 amide bonds. The highest BCUT2D eigenvalue weighted by molar-refractivity contribution is 6.18. The zero-order valence-corrected chi connectivity index (χ0v) is 12.8. The summed E-state index contributed by atoms with van der Waals surface area (Å²) in [6.07, 6.45) is 3.60. The molecule has 0 aliphatic heterocycles. The van der Waals surface area contributed by atoms with Crippen LogP contribution >= 0.6 is 11.6 Å². The van der Waals surface area contributed by atoms with Crippen LogP contribution in [-0.4, -0.2) is 18.3 Å². The second-order valence-electron chi connectivity index (χ2n) is 5.88. The number of carbonyl (C=O) groups excluding carboxylic acids is 1. The van der Waals surface area contributed by atoms with Crippen molar-refractivity contribution in [1.29, 1.82) is 0 Å². The summed E-state index contributed by atoms with van der Waals surface area (Å²) in [6.45, 7) is 0.739. The van der Waals surface area contributed by atoms with Gasteiger partial charge in [-0.3, -0.25) is 4.79 Å². The molecular formula is C18H20ClNO. The van der Waals surface area contributed by atoms with Crippen molar-refractivity contribution in [3.05, 3.63) is 48.0 Å². The molecule has 0 saturated heterocycles. The van der Waals surface area contributed by atoms with Gasteiger partial charge in [-0.1, -0.05) is 36.8 Å². The Balaban J connectivity index is 1.66. The molecule has 3 rings (SSSR count). The Bertz CT molecular complexity index is 640. The molecular weight excluding hydrogens is 282 g/mol. The molecule has 1 fully saturated rings. The predicted octanol–water partition coefficient (Wildman–Crippen LogP) is 4.22. The van der Waals surface area contributed by atoms with Gasteiger partial charge in [0.25, 0.3) is 5.91 Å². The highest BCUT2D eigenvalue weighted by atomic mass is 35.5. The molecule has 1 N–H and O–H groups in total. The lowest BCUT2D eigenvalue weighted by Crippen LogP contribution is -2.31. The third-order valence-corrected chi connectivity index (χ3v) is 4.95. The van der Waals surface area contributed by atoms with Gasteiger partial charge in [-0.25, -0.2) is 0 Å². The average molecular weight is 302 g/mol. The number of carbonyl (C=O) groups is 1. The minimum atomic E-state index is 0.0148. The van der Waals surface area contributed by atoms with Gasteiger partial charge in [0.05, 0.1) is 0 Å². The van der Waals surface area contributed by atoms with Crippen molar-refractivity contribution < 1.29 is 4.79 Å². The molecule has 21 heavy (non-hydrogen) atoms. The zero-order chi connectivity index (χ0) is 14.7. The molecule has 2 nitrogen and oxygen atoms in total. The Morgan fingerprint density at radius 2 is 1.86 bits per heavy atom. The molecule has 110 valence electrons. The lowest BCUT2D eigenvalue weighted by Gasteiger charge is -2.17. The van der Waals surface area contributed by atoms with E-state index in [2.05, 4.69) is 11.4 Å². The molecule has 2 aromatic rings. The molecule has 0 bridgehead atoms. The molecule has 0 aromatic heterocycles. The maximum Gasteiger partial charge on any atom is 0.251 e. The van der Waals surface area contributed by atoms with E-state index in [9.17, 15) is 4.79 Å². The van der Waals surface area contributed by atoms with Crippen molar-refractivity contribution >= 4 is 28.3 Å². The first-order valence-corrected chi connectivity index (χ1v) is 8.14. The first kappa shape index (κ1) is 14.4. The minimum Gasteiger partial charge on any atom is -0.352 e. The van der Waals surface area contributed by atoms with Gasteiger partial charge in [-0.05, 0) is 47.6 Å². The van der Waals surface area contributed by atoms with Crippen LogP contribution in [0.2, 0.25) is 0 Å². The number of amides is 1. The summed E-state index contributed by atoms with van der Waals surface area (Å²) in [5.41, 5.74) is 0.731. The molecule has 2 aromatic carbocycles. The van der Waals surface area contributed by atoms with Gasteiger partial charge >= 0.3 is 0 Å². The fourth-order valence-electron chi connectivity index (χ4n) is 3.24. The van der Waals surface area contributed by atoms with E-state index in [1.165, 1.54) is 19.3 Å². The first-order chi connectivity index (χ1) is 10.3. The number of hydrogen-bond acceptors (Lipinski definition) is 1. The van der Waals surface area contributed by atoms with Gasteiger partial charge in [-0.2, -0.15) is 0 Å². The topological polar surface area (TPSA) is 29.1 Å². The Morgan fingerprint density at radius 1 is 1.10 bits per heavy atom. The number of hydrogen-bond donors (Lipinski definition) is 1. The molecule has 3 heteroatoms. The fraction of sp³-hybridized carbons (Fsp3) is 0.389. The van der Waals surface area contributed by atoms with Gasteiger partial charge < -0.3 is 5.32 Å². The van der Waals surface area contributed by atoms with Crippen LogP contribution in [0.3, 0.4) is 0 Å². The zero-order valence-electron chi connectivity index (χ0n) is 12.0. The van der Waals surface area contributed by atoms with Gasteiger partial charge in [0.15, 0.2) is 0 Å². The summed E-state index contributed by atoms with van der Waals surface area (Å²) in [4.78, 5) is 12.3. The van der Waals surface area contributed by atoms with Crippen molar-refractivity contribution in [2.24, 2.45) is 11.8 Å². The second kappa shape index (κ2) is 6.48. The van der Waals surface area contributed by atoms with Crippen LogP contribution in [0, 0.1) is 11.8 Å². The van der Waals surface area contributed by atoms with Crippen LogP contribution in [-0.2, 0) is 0 Å². The van der Waals surface area contributed by atoms with E-state index in [0.717, 1.165) is 22.9 Å². The molecule has 2 atom stereocenters. The SMILES string of the molecule is O=C(NCC1CCCC1CCl)c1ccc2ccccc2c1. The Morgan fingerprint density at radius 3 is 2.67 bits per heavy atom. The first-order valence-electron chi connectivity index (χ1n) is 7.61. The number of halogens is 1. The highest BCUT2D eigenvalue weighted by Crippen LogP contribution is 2.32. The Labute approximate surface area is 130 Å². The summed E-state index contributed by atoms with van der Waals surface area (Å²) >= 11 is 5.99. The number of fused-ring (bicyclic) bond motifs is 1. The van der Waals surface area contributed by atoms with Gasteiger partial charge in [0.2, 0.25) is 0 Å². The van der Waals surface area contributed by atoms with Crippen LogP contribution in [0.4, 0.5) is 0 Å². The van der Waals surface area contributed by atoms with Gasteiger partial charge in [0.1, 0.15) is 0 Å². The van der Waals surface area contributed by atoms with E-state index < -0.39 is 0 Å². The summed E-state index contributed by atoms with van der Waals surface area (Å²) < 4.78 is 0. The van der Waals surface area contributed by atoms with Gasteiger partial charge in [-0.15, -0.1) is 11.6 Å². The molecule has 1 aliphatic rings.